The van der Waals surface area contributed by atoms with Gasteiger partial charge >= 0.3 is 0 Å². The number of likely N-dealkylation sites (N-methyl/N-ethyl adjacent to an activating group) is 1. The number of hydrogen-bond acceptors (Lipinski definition) is 3. The second kappa shape index (κ2) is 8.03. The molecule has 0 aliphatic carbocycles. The Balaban J connectivity index is 1.84. The zero-order valence-corrected chi connectivity index (χ0v) is 13.3. The molecule has 1 aromatic rings. The Morgan fingerprint density at radius 1 is 1.24 bits per heavy atom. The van der Waals surface area contributed by atoms with Crippen LogP contribution in [0.15, 0.2) is 24.3 Å². The molecule has 116 valence electrons. The molecule has 0 unspecified atom stereocenters. The first-order valence-corrected chi connectivity index (χ1v) is 7.99. The Bertz CT molecular complexity index is 438. The van der Waals surface area contributed by atoms with Crippen LogP contribution in [0.5, 0.6) is 0 Å². The number of benzene rings is 1. The van der Waals surface area contributed by atoms with Crippen molar-refractivity contribution in [3.05, 3.63) is 29.8 Å². The van der Waals surface area contributed by atoms with Crippen molar-refractivity contribution in [1.82, 2.24) is 10.2 Å². The Hall–Kier alpha value is -1.55. The molecule has 1 fully saturated rings. The Kier molecular flexibility index (Phi) is 6.05. The molecule has 0 saturated carbocycles. The summed E-state index contributed by atoms with van der Waals surface area (Å²) in [5.41, 5.74) is 2.38. The van der Waals surface area contributed by atoms with Crippen LogP contribution in [0, 0.1) is 0 Å². The van der Waals surface area contributed by atoms with E-state index in [0.29, 0.717) is 6.54 Å². The summed E-state index contributed by atoms with van der Waals surface area (Å²) in [6.45, 7) is 6.44. The van der Waals surface area contributed by atoms with Gasteiger partial charge in [-0.1, -0.05) is 19.1 Å². The van der Waals surface area contributed by atoms with Crippen molar-refractivity contribution >= 4 is 11.6 Å². The van der Waals surface area contributed by atoms with Gasteiger partial charge in [0.15, 0.2) is 0 Å². The molecule has 1 heterocycles. The first-order valence-electron chi connectivity index (χ1n) is 7.99. The SMILES string of the molecule is CCCNCc1ccc(N(C)CC(=O)N2CCCC2)cc1. The van der Waals surface area contributed by atoms with Crippen LogP contribution < -0.4 is 10.2 Å². The van der Waals surface area contributed by atoms with E-state index in [4.69, 9.17) is 0 Å². The predicted molar refractivity (Wildman–Crippen MR) is 87.5 cm³/mol. The third-order valence-corrected chi connectivity index (χ3v) is 3.96. The highest BCUT2D eigenvalue weighted by Crippen LogP contribution is 2.15. The number of rotatable bonds is 7. The van der Waals surface area contributed by atoms with Crippen LogP contribution in [0.25, 0.3) is 0 Å². The summed E-state index contributed by atoms with van der Waals surface area (Å²) in [7, 11) is 1.98. The van der Waals surface area contributed by atoms with E-state index in [0.717, 1.165) is 51.1 Å². The van der Waals surface area contributed by atoms with E-state index < -0.39 is 0 Å². The Morgan fingerprint density at radius 3 is 2.52 bits per heavy atom. The van der Waals surface area contributed by atoms with Crippen molar-refractivity contribution < 1.29 is 4.79 Å². The lowest BCUT2D eigenvalue weighted by Gasteiger charge is -2.23. The topological polar surface area (TPSA) is 35.6 Å². The van der Waals surface area contributed by atoms with Gasteiger partial charge in [-0.05, 0) is 43.5 Å². The second-order valence-corrected chi connectivity index (χ2v) is 5.79. The fraction of sp³-hybridized carbons (Fsp3) is 0.588. The molecule has 0 aromatic heterocycles. The largest absolute Gasteiger partial charge is 0.365 e. The number of carbonyl (C=O) groups excluding carboxylic acids is 1. The van der Waals surface area contributed by atoms with E-state index in [1.807, 2.05) is 16.8 Å². The molecule has 4 heteroatoms. The average Bonchev–Trinajstić information content (AvgIpc) is 3.02. The predicted octanol–water partition coefficient (Wildman–Crippen LogP) is 2.24. The molecule has 0 bridgehead atoms. The summed E-state index contributed by atoms with van der Waals surface area (Å²) >= 11 is 0. The third-order valence-electron chi connectivity index (χ3n) is 3.96. The smallest absolute Gasteiger partial charge is 0.242 e. The molecule has 1 aromatic carbocycles. The van der Waals surface area contributed by atoms with E-state index in [1.54, 1.807) is 0 Å². The van der Waals surface area contributed by atoms with Gasteiger partial charge in [-0.25, -0.2) is 0 Å². The molecule has 1 aliphatic heterocycles. The molecule has 0 atom stereocenters. The first kappa shape index (κ1) is 15.8. The van der Waals surface area contributed by atoms with Crippen LogP contribution in [0.3, 0.4) is 0 Å². The van der Waals surface area contributed by atoms with Crippen molar-refractivity contribution in [2.45, 2.75) is 32.7 Å². The van der Waals surface area contributed by atoms with Crippen LogP contribution in [0.4, 0.5) is 5.69 Å². The highest BCUT2D eigenvalue weighted by Gasteiger charge is 2.19. The molecule has 4 nitrogen and oxygen atoms in total. The number of anilines is 1. The quantitative estimate of drug-likeness (QED) is 0.782. The van der Waals surface area contributed by atoms with Gasteiger partial charge in [0.05, 0.1) is 6.54 Å². The zero-order valence-electron chi connectivity index (χ0n) is 13.3. The number of nitrogens with one attached hydrogen (secondary N) is 1. The van der Waals surface area contributed by atoms with Crippen LogP contribution in [0.1, 0.15) is 31.7 Å². The van der Waals surface area contributed by atoms with E-state index in [-0.39, 0.29) is 5.91 Å². The second-order valence-electron chi connectivity index (χ2n) is 5.79. The number of carbonyl (C=O) groups is 1. The van der Waals surface area contributed by atoms with Crippen molar-refractivity contribution in [3.63, 3.8) is 0 Å². The van der Waals surface area contributed by atoms with Crippen molar-refractivity contribution in [2.75, 3.05) is 38.1 Å². The molecule has 21 heavy (non-hydrogen) atoms. The fourth-order valence-electron chi connectivity index (χ4n) is 2.64. The van der Waals surface area contributed by atoms with E-state index in [1.165, 1.54) is 5.56 Å². The van der Waals surface area contributed by atoms with Crippen LogP contribution >= 0.6 is 0 Å². The Morgan fingerprint density at radius 2 is 1.90 bits per heavy atom. The molecule has 0 radical (unpaired) electrons. The van der Waals surface area contributed by atoms with E-state index >= 15 is 0 Å². The van der Waals surface area contributed by atoms with Crippen LogP contribution in [0.2, 0.25) is 0 Å². The summed E-state index contributed by atoms with van der Waals surface area (Å²) in [6, 6.07) is 8.46. The van der Waals surface area contributed by atoms with Crippen molar-refractivity contribution in [1.29, 1.82) is 0 Å². The lowest BCUT2D eigenvalue weighted by Crippen LogP contribution is -2.37. The third kappa shape index (κ3) is 4.74. The van der Waals surface area contributed by atoms with E-state index in [2.05, 4.69) is 36.5 Å². The van der Waals surface area contributed by atoms with Gasteiger partial charge in [-0.2, -0.15) is 0 Å². The van der Waals surface area contributed by atoms with E-state index in [9.17, 15) is 4.79 Å². The summed E-state index contributed by atoms with van der Waals surface area (Å²) in [5.74, 6) is 0.240. The summed E-state index contributed by atoms with van der Waals surface area (Å²) in [4.78, 5) is 16.1. The van der Waals surface area contributed by atoms with Crippen molar-refractivity contribution in [2.24, 2.45) is 0 Å². The molecule has 1 N–H and O–H groups in total. The summed E-state index contributed by atoms with van der Waals surface area (Å²) in [5, 5.41) is 3.39. The molecule has 1 saturated heterocycles. The lowest BCUT2D eigenvalue weighted by molar-refractivity contribution is -0.128. The van der Waals surface area contributed by atoms with Crippen LogP contribution in [-0.4, -0.2) is 44.0 Å². The summed E-state index contributed by atoms with van der Waals surface area (Å²) in [6.07, 6.45) is 3.45. The molecular weight excluding hydrogens is 262 g/mol. The molecule has 2 rings (SSSR count). The Labute approximate surface area is 128 Å². The van der Waals surface area contributed by atoms with Crippen LogP contribution in [-0.2, 0) is 11.3 Å². The van der Waals surface area contributed by atoms with Gasteiger partial charge in [0.2, 0.25) is 5.91 Å². The van der Waals surface area contributed by atoms with Gasteiger partial charge in [-0.3, -0.25) is 4.79 Å². The van der Waals surface area contributed by atoms with Gasteiger partial charge in [0.25, 0.3) is 0 Å². The first-order chi connectivity index (χ1) is 10.2. The summed E-state index contributed by atoms with van der Waals surface area (Å²) < 4.78 is 0. The maximum atomic E-state index is 12.1. The monoisotopic (exact) mass is 289 g/mol. The number of hydrogen-bond donors (Lipinski definition) is 1. The minimum Gasteiger partial charge on any atom is -0.365 e. The van der Waals surface area contributed by atoms with Gasteiger partial charge in [0, 0.05) is 32.4 Å². The number of nitrogens with zero attached hydrogens (tertiary/aromatic N) is 2. The highest BCUT2D eigenvalue weighted by atomic mass is 16.2. The number of amides is 1. The molecular formula is C17H27N3O. The lowest BCUT2D eigenvalue weighted by atomic mass is 10.2. The minimum absolute atomic E-state index is 0.240. The fourth-order valence-corrected chi connectivity index (χ4v) is 2.64. The molecule has 1 amide bonds. The van der Waals surface area contributed by atoms with Crippen molar-refractivity contribution in [3.8, 4) is 0 Å². The van der Waals surface area contributed by atoms with Gasteiger partial charge < -0.3 is 15.1 Å². The highest BCUT2D eigenvalue weighted by molar-refractivity contribution is 5.81. The normalized spacial score (nSPS) is 14.5. The average molecular weight is 289 g/mol. The maximum absolute atomic E-state index is 12.1. The standard InChI is InChI=1S/C17H27N3O/c1-3-10-18-13-15-6-8-16(9-7-15)19(2)14-17(21)20-11-4-5-12-20/h6-9,18H,3-5,10-14H2,1-2H3. The molecule has 0 spiro atoms. The molecule has 1 aliphatic rings. The zero-order chi connectivity index (χ0) is 15.1. The minimum atomic E-state index is 0.240. The maximum Gasteiger partial charge on any atom is 0.242 e. The number of likely N-dealkylation sites (tertiary alicyclic amines) is 1. The van der Waals surface area contributed by atoms with Gasteiger partial charge in [-0.15, -0.1) is 0 Å². The van der Waals surface area contributed by atoms with Gasteiger partial charge in [0.1, 0.15) is 0 Å².